The topological polar surface area (TPSA) is 42.1 Å². The van der Waals surface area contributed by atoms with Crippen LogP contribution in [-0.4, -0.2) is 23.6 Å². The lowest BCUT2D eigenvalue weighted by atomic mass is 10.3. The van der Waals surface area contributed by atoms with E-state index in [0.29, 0.717) is 10.7 Å². The van der Waals surface area contributed by atoms with Crippen LogP contribution < -0.4 is 10.6 Å². The molecular weight excluding hydrogens is 206 g/mol. The van der Waals surface area contributed by atoms with E-state index in [2.05, 4.69) is 23.9 Å². The second-order valence-corrected chi connectivity index (χ2v) is 3.98. The van der Waals surface area contributed by atoms with Crippen molar-refractivity contribution in [3.8, 4) is 0 Å². The van der Waals surface area contributed by atoms with Gasteiger partial charge in [-0.05, 0) is 18.6 Å². The van der Waals surface area contributed by atoms with Crippen LogP contribution in [0.5, 0.6) is 0 Å². The number of thiocarbonyl (C=S) groups is 1. The molecule has 0 aromatic carbocycles. The molecule has 0 fully saturated rings. The van der Waals surface area contributed by atoms with Crippen molar-refractivity contribution in [3.05, 3.63) is 24.0 Å². The Morgan fingerprint density at radius 3 is 2.73 bits per heavy atom. The molecule has 2 N–H and O–H groups in total. The summed E-state index contributed by atoms with van der Waals surface area (Å²) >= 11 is 4.84. The number of hydrogen-bond acceptors (Lipinski definition) is 3. The Kier molecular flexibility index (Phi) is 4.49. The van der Waals surface area contributed by atoms with Crippen LogP contribution in [0.2, 0.25) is 0 Å². The van der Waals surface area contributed by atoms with Crippen LogP contribution in [0.15, 0.2) is 18.3 Å². The van der Waals surface area contributed by atoms with E-state index in [1.807, 2.05) is 18.3 Å². The van der Waals surface area contributed by atoms with E-state index in [-0.39, 0.29) is 0 Å². The van der Waals surface area contributed by atoms with Crippen LogP contribution in [0.25, 0.3) is 0 Å². The molecule has 0 amide bonds. The van der Waals surface area contributed by atoms with Crippen LogP contribution in [0.4, 0.5) is 5.69 Å². The molecule has 0 radical (unpaired) electrons. The molecule has 3 nitrogen and oxygen atoms in total. The fraction of sp³-hybridized carbons (Fsp3) is 0.455. The van der Waals surface area contributed by atoms with Gasteiger partial charge in [0, 0.05) is 13.6 Å². The second kappa shape index (κ2) is 5.66. The number of unbranched alkanes of at least 4 members (excludes halogenated alkanes) is 1. The lowest BCUT2D eigenvalue weighted by molar-refractivity contribution is 0.765. The SMILES string of the molecule is CCCCN(C)c1ccc(C(N)=S)nc1. The van der Waals surface area contributed by atoms with Gasteiger partial charge in [0.25, 0.3) is 0 Å². The van der Waals surface area contributed by atoms with Crippen molar-refractivity contribution in [1.29, 1.82) is 0 Å². The molecular formula is C11H17N3S. The van der Waals surface area contributed by atoms with Gasteiger partial charge < -0.3 is 10.6 Å². The fourth-order valence-electron chi connectivity index (χ4n) is 1.28. The minimum absolute atomic E-state index is 0.345. The highest BCUT2D eigenvalue weighted by Gasteiger charge is 2.02. The average Bonchev–Trinajstić information content (AvgIpc) is 2.26. The average molecular weight is 223 g/mol. The lowest BCUT2D eigenvalue weighted by Crippen LogP contribution is -2.19. The van der Waals surface area contributed by atoms with E-state index in [0.717, 1.165) is 12.2 Å². The first-order valence-electron chi connectivity index (χ1n) is 5.12. The van der Waals surface area contributed by atoms with Crippen LogP contribution in [0.3, 0.4) is 0 Å². The van der Waals surface area contributed by atoms with Gasteiger partial charge in [-0.25, -0.2) is 0 Å². The van der Waals surface area contributed by atoms with E-state index in [4.69, 9.17) is 18.0 Å². The summed E-state index contributed by atoms with van der Waals surface area (Å²) in [6.07, 6.45) is 4.19. The predicted molar refractivity (Wildman–Crippen MR) is 68.3 cm³/mol. The molecule has 1 aromatic heterocycles. The number of hydrogen-bond donors (Lipinski definition) is 1. The summed E-state index contributed by atoms with van der Waals surface area (Å²) in [7, 11) is 2.06. The largest absolute Gasteiger partial charge is 0.388 e. The van der Waals surface area contributed by atoms with Gasteiger partial charge in [0.05, 0.1) is 17.6 Å². The Bertz CT molecular complexity index is 321. The quantitative estimate of drug-likeness (QED) is 0.775. The minimum Gasteiger partial charge on any atom is -0.388 e. The van der Waals surface area contributed by atoms with Gasteiger partial charge in [-0.1, -0.05) is 25.6 Å². The van der Waals surface area contributed by atoms with Crippen molar-refractivity contribution in [2.75, 3.05) is 18.5 Å². The normalized spacial score (nSPS) is 10.0. The number of nitrogens with zero attached hydrogens (tertiary/aromatic N) is 2. The zero-order chi connectivity index (χ0) is 11.3. The van der Waals surface area contributed by atoms with Crippen LogP contribution in [-0.2, 0) is 0 Å². The molecule has 0 saturated heterocycles. The molecule has 0 aliphatic carbocycles. The van der Waals surface area contributed by atoms with E-state index >= 15 is 0 Å². The number of pyridine rings is 1. The third-order valence-electron chi connectivity index (χ3n) is 2.29. The van der Waals surface area contributed by atoms with Gasteiger partial charge >= 0.3 is 0 Å². The molecule has 0 unspecified atom stereocenters. The zero-order valence-corrected chi connectivity index (χ0v) is 10.0. The third kappa shape index (κ3) is 3.47. The van der Waals surface area contributed by atoms with Crippen molar-refractivity contribution in [2.24, 2.45) is 5.73 Å². The molecule has 0 atom stereocenters. The number of anilines is 1. The van der Waals surface area contributed by atoms with Crippen molar-refractivity contribution >= 4 is 22.9 Å². The van der Waals surface area contributed by atoms with Gasteiger partial charge in [-0.3, -0.25) is 4.98 Å². The molecule has 0 saturated carbocycles. The Morgan fingerprint density at radius 1 is 1.53 bits per heavy atom. The highest BCUT2D eigenvalue weighted by molar-refractivity contribution is 7.80. The van der Waals surface area contributed by atoms with Gasteiger partial charge in [-0.15, -0.1) is 0 Å². The number of aromatic nitrogens is 1. The molecule has 1 rings (SSSR count). The summed E-state index contributed by atoms with van der Waals surface area (Å²) in [4.78, 5) is 6.73. The highest BCUT2D eigenvalue weighted by atomic mass is 32.1. The van der Waals surface area contributed by atoms with Crippen LogP contribution in [0.1, 0.15) is 25.5 Å². The van der Waals surface area contributed by atoms with E-state index in [1.54, 1.807) is 0 Å². The first-order valence-corrected chi connectivity index (χ1v) is 5.53. The summed E-state index contributed by atoms with van der Waals surface area (Å²) < 4.78 is 0. The van der Waals surface area contributed by atoms with Crippen molar-refractivity contribution in [1.82, 2.24) is 4.98 Å². The van der Waals surface area contributed by atoms with E-state index in [1.165, 1.54) is 12.8 Å². The molecule has 0 spiro atoms. The van der Waals surface area contributed by atoms with Crippen molar-refractivity contribution in [3.63, 3.8) is 0 Å². The van der Waals surface area contributed by atoms with Crippen molar-refractivity contribution < 1.29 is 0 Å². The maximum Gasteiger partial charge on any atom is 0.122 e. The molecule has 1 aromatic rings. The standard InChI is InChI=1S/C11H17N3S/c1-3-4-7-14(2)9-5-6-10(11(12)15)13-8-9/h5-6,8H,3-4,7H2,1-2H3,(H2,12,15). The molecule has 0 aliphatic heterocycles. The smallest absolute Gasteiger partial charge is 0.122 e. The number of nitrogens with two attached hydrogens (primary N) is 1. The molecule has 1 heterocycles. The van der Waals surface area contributed by atoms with Crippen LogP contribution >= 0.6 is 12.2 Å². The first-order chi connectivity index (χ1) is 7.15. The first kappa shape index (κ1) is 11.9. The lowest BCUT2D eigenvalue weighted by Gasteiger charge is -2.18. The molecule has 0 aliphatic rings. The highest BCUT2D eigenvalue weighted by Crippen LogP contribution is 2.11. The predicted octanol–water partition coefficient (Wildman–Crippen LogP) is 1.95. The molecule has 15 heavy (non-hydrogen) atoms. The Morgan fingerprint density at radius 2 is 2.27 bits per heavy atom. The summed E-state index contributed by atoms with van der Waals surface area (Å²) in [6.45, 7) is 3.23. The monoisotopic (exact) mass is 223 g/mol. The van der Waals surface area contributed by atoms with Gasteiger partial charge in [0.2, 0.25) is 0 Å². The van der Waals surface area contributed by atoms with Gasteiger partial charge in [0.1, 0.15) is 4.99 Å². The van der Waals surface area contributed by atoms with E-state index < -0.39 is 0 Å². The van der Waals surface area contributed by atoms with E-state index in [9.17, 15) is 0 Å². The molecule has 4 heteroatoms. The Hall–Kier alpha value is -1.16. The van der Waals surface area contributed by atoms with Gasteiger partial charge in [0.15, 0.2) is 0 Å². The third-order valence-corrected chi connectivity index (χ3v) is 2.50. The maximum atomic E-state index is 5.48. The summed E-state index contributed by atoms with van der Waals surface area (Å²) in [6, 6.07) is 3.86. The minimum atomic E-state index is 0.345. The summed E-state index contributed by atoms with van der Waals surface area (Å²) in [5, 5.41) is 0. The Labute approximate surface area is 96.3 Å². The fourth-order valence-corrected chi connectivity index (χ4v) is 1.40. The van der Waals surface area contributed by atoms with Crippen molar-refractivity contribution in [2.45, 2.75) is 19.8 Å². The maximum absolute atomic E-state index is 5.48. The van der Waals surface area contributed by atoms with Gasteiger partial charge in [-0.2, -0.15) is 0 Å². The van der Waals surface area contributed by atoms with Crippen LogP contribution in [0, 0.1) is 0 Å². The molecule has 82 valence electrons. The second-order valence-electron chi connectivity index (χ2n) is 3.54. The number of rotatable bonds is 5. The Balaban J connectivity index is 2.66. The summed E-state index contributed by atoms with van der Waals surface area (Å²) in [5.41, 5.74) is 7.25. The zero-order valence-electron chi connectivity index (χ0n) is 9.23. The summed E-state index contributed by atoms with van der Waals surface area (Å²) in [5.74, 6) is 0. The molecule has 0 bridgehead atoms.